The molecule has 1 fully saturated rings. The molecular formula is C18H22N4O. The second-order valence-electron chi connectivity index (χ2n) is 5.97. The van der Waals surface area contributed by atoms with Gasteiger partial charge in [-0.3, -0.25) is 4.79 Å². The number of amides is 1. The fourth-order valence-electron chi connectivity index (χ4n) is 3.21. The molecule has 1 aromatic heterocycles. The number of anilines is 1. The average molecular weight is 310 g/mol. The number of hydrogen-bond acceptors (Lipinski definition) is 4. The van der Waals surface area contributed by atoms with E-state index < -0.39 is 0 Å². The first-order chi connectivity index (χ1) is 11.2. The van der Waals surface area contributed by atoms with Crippen LogP contribution in [-0.4, -0.2) is 36.2 Å². The van der Waals surface area contributed by atoms with Crippen LogP contribution in [0.3, 0.4) is 0 Å². The zero-order valence-corrected chi connectivity index (χ0v) is 13.6. The minimum Gasteiger partial charge on any atom is -0.355 e. The van der Waals surface area contributed by atoms with Crippen molar-refractivity contribution in [3.05, 3.63) is 53.2 Å². The van der Waals surface area contributed by atoms with Gasteiger partial charge in [-0.05, 0) is 48.9 Å². The lowest BCUT2D eigenvalue weighted by Gasteiger charge is -2.33. The van der Waals surface area contributed by atoms with Crippen molar-refractivity contribution in [2.24, 2.45) is 0 Å². The minimum absolute atomic E-state index is 0.206. The van der Waals surface area contributed by atoms with Crippen LogP contribution in [0.25, 0.3) is 0 Å². The molecule has 5 heteroatoms. The molecule has 0 aliphatic carbocycles. The molecule has 1 N–H and O–H groups in total. The first kappa shape index (κ1) is 15.5. The zero-order chi connectivity index (χ0) is 16.2. The summed E-state index contributed by atoms with van der Waals surface area (Å²) in [5.74, 6) is 1.26. The molecule has 0 radical (unpaired) electrons. The summed E-state index contributed by atoms with van der Waals surface area (Å²) >= 11 is 0. The van der Waals surface area contributed by atoms with Gasteiger partial charge in [0, 0.05) is 20.1 Å². The standard InChI is InChI=1S/C18H22N4O/c1-13-5-3-4-6-15(13)14-9-11-22(12-10-14)17-8-7-16(20-21-17)18(23)19-2/h3-8,14H,9-12H2,1-2H3,(H,19,23). The maximum Gasteiger partial charge on any atom is 0.271 e. The molecule has 23 heavy (non-hydrogen) atoms. The third-order valence-corrected chi connectivity index (χ3v) is 4.56. The van der Waals surface area contributed by atoms with E-state index in [1.807, 2.05) is 6.07 Å². The average Bonchev–Trinajstić information content (AvgIpc) is 2.62. The maximum atomic E-state index is 11.5. The Bertz CT molecular complexity index is 676. The highest BCUT2D eigenvalue weighted by Gasteiger charge is 2.22. The van der Waals surface area contributed by atoms with Gasteiger partial charge in [-0.1, -0.05) is 24.3 Å². The van der Waals surface area contributed by atoms with Crippen LogP contribution in [-0.2, 0) is 0 Å². The minimum atomic E-state index is -0.206. The predicted molar refractivity (Wildman–Crippen MR) is 90.8 cm³/mol. The molecule has 120 valence electrons. The van der Waals surface area contributed by atoms with E-state index in [0.717, 1.165) is 31.7 Å². The summed E-state index contributed by atoms with van der Waals surface area (Å²) in [6.07, 6.45) is 2.23. The molecule has 1 aliphatic heterocycles. The molecule has 1 aromatic carbocycles. The van der Waals surface area contributed by atoms with Crippen molar-refractivity contribution in [3.8, 4) is 0 Å². The van der Waals surface area contributed by atoms with E-state index >= 15 is 0 Å². The van der Waals surface area contributed by atoms with Crippen LogP contribution in [0.15, 0.2) is 36.4 Å². The monoisotopic (exact) mass is 310 g/mol. The van der Waals surface area contributed by atoms with E-state index in [2.05, 4.69) is 51.6 Å². The molecule has 3 rings (SSSR count). The van der Waals surface area contributed by atoms with Crippen molar-refractivity contribution in [1.82, 2.24) is 15.5 Å². The summed E-state index contributed by atoms with van der Waals surface area (Å²) in [5.41, 5.74) is 3.19. The largest absolute Gasteiger partial charge is 0.355 e. The van der Waals surface area contributed by atoms with Crippen molar-refractivity contribution < 1.29 is 4.79 Å². The summed E-state index contributed by atoms with van der Waals surface area (Å²) in [4.78, 5) is 13.8. The van der Waals surface area contributed by atoms with Gasteiger partial charge < -0.3 is 10.2 Å². The number of nitrogens with zero attached hydrogens (tertiary/aromatic N) is 3. The Kier molecular flexibility index (Phi) is 4.55. The van der Waals surface area contributed by atoms with E-state index in [4.69, 9.17) is 0 Å². The predicted octanol–water partition coefficient (Wildman–Crippen LogP) is 2.53. The number of aromatic nitrogens is 2. The molecule has 1 amide bonds. The zero-order valence-electron chi connectivity index (χ0n) is 13.6. The highest BCUT2D eigenvalue weighted by molar-refractivity contribution is 5.91. The van der Waals surface area contributed by atoms with Gasteiger partial charge in [0.25, 0.3) is 5.91 Å². The number of carbonyl (C=O) groups is 1. The molecule has 0 atom stereocenters. The van der Waals surface area contributed by atoms with Crippen LogP contribution in [0, 0.1) is 6.92 Å². The number of hydrogen-bond donors (Lipinski definition) is 1. The van der Waals surface area contributed by atoms with Gasteiger partial charge in [0.1, 0.15) is 0 Å². The first-order valence-electron chi connectivity index (χ1n) is 8.05. The van der Waals surface area contributed by atoms with Gasteiger partial charge >= 0.3 is 0 Å². The van der Waals surface area contributed by atoms with Crippen molar-refractivity contribution in [1.29, 1.82) is 0 Å². The van der Waals surface area contributed by atoms with Crippen molar-refractivity contribution >= 4 is 11.7 Å². The summed E-state index contributed by atoms with van der Waals surface area (Å²) in [6.45, 7) is 4.12. The van der Waals surface area contributed by atoms with Crippen LogP contribution in [0.5, 0.6) is 0 Å². The Labute approximate surface area is 136 Å². The molecule has 5 nitrogen and oxygen atoms in total. The lowest BCUT2D eigenvalue weighted by molar-refractivity contribution is 0.0957. The molecule has 1 saturated heterocycles. The molecule has 0 spiro atoms. The second-order valence-corrected chi connectivity index (χ2v) is 5.97. The van der Waals surface area contributed by atoms with Gasteiger partial charge in [0.15, 0.2) is 11.5 Å². The Hall–Kier alpha value is -2.43. The molecule has 2 heterocycles. The lowest BCUT2D eigenvalue weighted by Crippen LogP contribution is -2.34. The third-order valence-electron chi connectivity index (χ3n) is 4.56. The molecule has 0 bridgehead atoms. The quantitative estimate of drug-likeness (QED) is 0.946. The first-order valence-corrected chi connectivity index (χ1v) is 8.05. The number of aryl methyl sites for hydroxylation is 1. The topological polar surface area (TPSA) is 58.1 Å². The lowest BCUT2D eigenvalue weighted by atomic mass is 9.87. The van der Waals surface area contributed by atoms with Crippen molar-refractivity contribution in [2.45, 2.75) is 25.7 Å². The van der Waals surface area contributed by atoms with E-state index in [-0.39, 0.29) is 5.91 Å². The Morgan fingerprint density at radius 3 is 2.48 bits per heavy atom. The Morgan fingerprint density at radius 1 is 1.13 bits per heavy atom. The van der Waals surface area contributed by atoms with Gasteiger partial charge in [-0.2, -0.15) is 0 Å². The fourth-order valence-corrected chi connectivity index (χ4v) is 3.21. The smallest absolute Gasteiger partial charge is 0.271 e. The van der Waals surface area contributed by atoms with E-state index in [0.29, 0.717) is 11.6 Å². The second kappa shape index (κ2) is 6.77. The Morgan fingerprint density at radius 2 is 1.87 bits per heavy atom. The van der Waals surface area contributed by atoms with Crippen LogP contribution >= 0.6 is 0 Å². The molecule has 0 saturated carbocycles. The number of carbonyl (C=O) groups excluding carboxylic acids is 1. The number of benzene rings is 1. The van der Waals surface area contributed by atoms with Crippen LogP contribution in [0.1, 0.15) is 40.4 Å². The number of piperidine rings is 1. The number of rotatable bonds is 3. The molecule has 2 aromatic rings. The summed E-state index contributed by atoms with van der Waals surface area (Å²) in [6, 6.07) is 12.3. The van der Waals surface area contributed by atoms with Gasteiger partial charge in [-0.15, -0.1) is 10.2 Å². The third kappa shape index (κ3) is 3.33. The van der Waals surface area contributed by atoms with Gasteiger partial charge in [-0.25, -0.2) is 0 Å². The molecule has 0 unspecified atom stereocenters. The molecular weight excluding hydrogens is 288 g/mol. The highest BCUT2D eigenvalue weighted by atomic mass is 16.1. The SMILES string of the molecule is CNC(=O)c1ccc(N2CCC(c3ccccc3C)CC2)nn1. The van der Waals surface area contributed by atoms with Crippen LogP contribution < -0.4 is 10.2 Å². The van der Waals surface area contributed by atoms with Gasteiger partial charge in [0.2, 0.25) is 0 Å². The van der Waals surface area contributed by atoms with Crippen LogP contribution in [0.4, 0.5) is 5.82 Å². The van der Waals surface area contributed by atoms with Crippen LogP contribution in [0.2, 0.25) is 0 Å². The fraction of sp³-hybridized carbons (Fsp3) is 0.389. The maximum absolute atomic E-state index is 11.5. The summed E-state index contributed by atoms with van der Waals surface area (Å²) < 4.78 is 0. The highest BCUT2D eigenvalue weighted by Crippen LogP contribution is 2.31. The van der Waals surface area contributed by atoms with E-state index in [1.165, 1.54) is 11.1 Å². The summed E-state index contributed by atoms with van der Waals surface area (Å²) in [5, 5.41) is 10.8. The van der Waals surface area contributed by atoms with E-state index in [9.17, 15) is 4.79 Å². The van der Waals surface area contributed by atoms with E-state index in [1.54, 1.807) is 13.1 Å². The number of nitrogens with one attached hydrogen (secondary N) is 1. The summed E-state index contributed by atoms with van der Waals surface area (Å²) in [7, 11) is 1.59. The van der Waals surface area contributed by atoms with Crippen molar-refractivity contribution in [2.75, 3.05) is 25.0 Å². The molecule has 1 aliphatic rings. The van der Waals surface area contributed by atoms with Crippen molar-refractivity contribution in [3.63, 3.8) is 0 Å². The normalized spacial score (nSPS) is 15.5. The van der Waals surface area contributed by atoms with Gasteiger partial charge in [0.05, 0.1) is 0 Å². The Balaban J connectivity index is 1.65.